The number of allylic oxidation sites excluding steroid dienone is 1. The summed E-state index contributed by atoms with van der Waals surface area (Å²) in [4.78, 5) is 42.3. The van der Waals surface area contributed by atoms with Gasteiger partial charge in [-0.3, -0.25) is 14.6 Å². The number of carbonyl (C=O) groups is 2. The number of aliphatic hydroxyl groups is 1. The SMILES string of the molecule is C=Cc1c(C)c2cc3nc(c4c5nc(cc6[nH]c(cc1[nH]2)c(C)c6CC)C(C)=C5C(O)[C@@H]4C(=O)OC)[C@@H](CCC(=O)O)[C@@H]3C. The number of nitrogens with one attached hydrogen (secondary N) is 2. The van der Waals surface area contributed by atoms with Crippen molar-refractivity contribution < 1.29 is 24.5 Å². The van der Waals surface area contributed by atoms with Crippen molar-refractivity contribution >= 4 is 51.2 Å². The molecule has 1 aliphatic carbocycles. The average molecular weight is 595 g/mol. The number of carbonyl (C=O) groups excluding carboxylic acids is 1. The minimum atomic E-state index is -1.17. The van der Waals surface area contributed by atoms with Gasteiger partial charge < -0.3 is 24.9 Å². The molecule has 9 heteroatoms. The third-order valence-electron chi connectivity index (χ3n) is 9.76. The van der Waals surface area contributed by atoms with E-state index in [0.29, 0.717) is 34.6 Å². The number of aliphatic hydroxyl groups excluding tert-OH is 1. The van der Waals surface area contributed by atoms with Gasteiger partial charge in [0.1, 0.15) is 5.92 Å². The third-order valence-corrected chi connectivity index (χ3v) is 9.76. The monoisotopic (exact) mass is 594 g/mol. The number of aromatic amines is 2. The van der Waals surface area contributed by atoms with Gasteiger partial charge in [-0.2, -0.15) is 0 Å². The Morgan fingerprint density at radius 1 is 1.05 bits per heavy atom. The molecule has 44 heavy (non-hydrogen) atoms. The van der Waals surface area contributed by atoms with E-state index in [2.05, 4.69) is 36.5 Å². The molecule has 228 valence electrons. The summed E-state index contributed by atoms with van der Waals surface area (Å²) in [7, 11) is 1.30. The van der Waals surface area contributed by atoms with Crippen LogP contribution in [0.2, 0.25) is 0 Å². The fraction of sp³-hybridized carbons (Fsp3) is 0.371. The normalized spacial score (nSPS) is 20.7. The molecule has 3 aromatic heterocycles. The van der Waals surface area contributed by atoms with Crippen LogP contribution in [0.15, 0.2) is 24.8 Å². The Morgan fingerprint density at radius 3 is 2.41 bits per heavy atom. The van der Waals surface area contributed by atoms with Gasteiger partial charge in [-0.15, -0.1) is 0 Å². The fourth-order valence-electron chi connectivity index (χ4n) is 7.28. The van der Waals surface area contributed by atoms with E-state index < -0.39 is 24.0 Å². The van der Waals surface area contributed by atoms with Gasteiger partial charge in [0.05, 0.1) is 30.3 Å². The Balaban J connectivity index is 1.82. The van der Waals surface area contributed by atoms with Crippen LogP contribution in [0.4, 0.5) is 0 Å². The van der Waals surface area contributed by atoms with E-state index in [1.165, 1.54) is 7.11 Å². The highest BCUT2D eigenvalue weighted by atomic mass is 16.5. The van der Waals surface area contributed by atoms with Gasteiger partial charge in [0.25, 0.3) is 0 Å². The highest BCUT2D eigenvalue weighted by Gasteiger charge is 2.48. The molecule has 0 saturated heterocycles. The zero-order valence-electron chi connectivity index (χ0n) is 26.0. The third kappa shape index (κ3) is 4.40. The summed E-state index contributed by atoms with van der Waals surface area (Å²) in [6, 6.07) is 6.12. The van der Waals surface area contributed by atoms with Crippen molar-refractivity contribution in [1.29, 1.82) is 0 Å². The van der Waals surface area contributed by atoms with Crippen LogP contribution in [0, 0.1) is 13.8 Å². The topological polar surface area (TPSA) is 141 Å². The number of rotatable bonds is 6. The molecule has 5 heterocycles. The number of fused-ring (bicyclic) bond motifs is 8. The number of hydrogen-bond acceptors (Lipinski definition) is 6. The van der Waals surface area contributed by atoms with Crippen LogP contribution in [-0.2, 0) is 20.7 Å². The lowest BCUT2D eigenvalue weighted by molar-refractivity contribution is -0.144. The van der Waals surface area contributed by atoms with Gasteiger partial charge in [-0.05, 0) is 74.1 Å². The summed E-state index contributed by atoms with van der Waals surface area (Å²) in [5, 5.41) is 21.3. The maximum atomic E-state index is 13.3. The molecule has 4 atom stereocenters. The molecule has 0 fully saturated rings. The summed E-state index contributed by atoms with van der Waals surface area (Å²) >= 11 is 0. The van der Waals surface area contributed by atoms with Crippen LogP contribution in [-0.4, -0.2) is 55.3 Å². The molecule has 3 aliphatic rings. The van der Waals surface area contributed by atoms with Gasteiger partial charge in [-0.25, -0.2) is 4.98 Å². The maximum Gasteiger partial charge on any atom is 0.316 e. The molecule has 4 N–H and O–H groups in total. The summed E-state index contributed by atoms with van der Waals surface area (Å²) in [6.45, 7) is 14.3. The highest BCUT2D eigenvalue weighted by molar-refractivity contribution is 6.02. The molecule has 0 spiro atoms. The first kappa shape index (κ1) is 29.6. The number of aryl methyl sites for hydroxylation is 3. The number of methoxy groups -OCH3 is 1. The van der Waals surface area contributed by atoms with Crippen LogP contribution >= 0.6 is 0 Å². The molecular formula is C35H38N4O5. The molecule has 1 unspecified atom stereocenters. The fourth-order valence-corrected chi connectivity index (χ4v) is 7.28. The Bertz CT molecular complexity index is 1950. The first-order valence-electron chi connectivity index (χ1n) is 15.1. The van der Waals surface area contributed by atoms with E-state index in [9.17, 15) is 19.8 Å². The largest absolute Gasteiger partial charge is 0.481 e. The van der Waals surface area contributed by atoms with E-state index in [1.807, 2.05) is 39.0 Å². The Labute approximate surface area is 255 Å². The van der Waals surface area contributed by atoms with Gasteiger partial charge in [0, 0.05) is 62.7 Å². The van der Waals surface area contributed by atoms with Crippen LogP contribution in [0.3, 0.4) is 0 Å². The molecule has 3 aromatic rings. The standard InChI is InChI=1S/C35H38N4O5/c1-8-19-15(3)22-12-24-17(5)21(10-11-28(40)41)32(38-24)30-31(35(43)44-7)34(42)29-18(6)25(39-33(29)30)14-27-20(9-2)16(4)23(37-27)13-26(19)36-22/h8,12-14,17,21,31,34,36-37,42H,1,9-11H2,2-7H3,(H,40,41)/t17-,21-,31+,34?/m0/s1. The maximum absolute atomic E-state index is 13.3. The number of nitrogens with zero attached hydrogens (tertiary/aromatic N) is 2. The van der Waals surface area contributed by atoms with Gasteiger partial charge >= 0.3 is 11.9 Å². The van der Waals surface area contributed by atoms with Crippen molar-refractivity contribution in [2.45, 2.75) is 77.7 Å². The number of aromatic nitrogens is 4. The Kier molecular flexibility index (Phi) is 7.32. The molecule has 0 amide bonds. The summed E-state index contributed by atoms with van der Waals surface area (Å²) in [5.74, 6) is -2.97. The van der Waals surface area contributed by atoms with Crippen LogP contribution < -0.4 is 0 Å². The number of ether oxygens (including phenoxy) is 1. The zero-order valence-corrected chi connectivity index (χ0v) is 26.0. The number of H-pyrrole nitrogens is 2. The summed E-state index contributed by atoms with van der Waals surface area (Å²) in [5.41, 5.74) is 12.4. The second-order valence-corrected chi connectivity index (χ2v) is 12.0. The number of carboxylic acid groups (broad SMARTS) is 1. The molecule has 0 saturated carbocycles. The number of carboxylic acids is 1. The predicted octanol–water partition coefficient (Wildman–Crippen LogP) is 6.45. The molecule has 9 nitrogen and oxygen atoms in total. The van der Waals surface area contributed by atoms with Crippen molar-refractivity contribution in [3.63, 3.8) is 0 Å². The molecule has 0 radical (unpaired) electrons. The van der Waals surface area contributed by atoms with Gasteiger partial charge in [0.15, 0.2) is 0 Å². The second kappa shape index (κ2) is 10.9. The number of esters is 1. The van der Waals surface area contributed by atoms with Crippen LogP contribution in [0.1, 0.15) is 102 Å². The second-order valence-electron chi connectivity index (χ2n) is 12.0. The Hall–Kier alpha value is -4.50. The smallest absolute Gasteiger partial charge is 0.316 e. The van der Waals surface area contributed by atoms with E-state index in [1.54, 1.807) is 0 Å². The lowest BCUT2D eigenvalue weighted by atomic mass is 9.84. The van der Waals surface area contributed by atoms with Crippen molar-refractivity contribution in [3.8, 4) is 0 Å². The van der Waals surface area contributed by atoms with E-state index in [-0.39, 0.29) is 18.3 Å². The zero-order chi connectivity index (χ0) is 31.6. The van der Waals surface area contributed by atoms with Crippen molar-refractivity contribution in [2.24, 2.45) is 0 Å². The Morgan fingerprint density at radius 2 is 1.75 bits per heavy atom. The first-order chi connectivity index (χ1) is 21.0. The molecule has 0 aromatic carbocycles. The van der Waals surface area contributed by atoms with Gasteiger partial charge in [0.2, 0.25) is 0 Å². The van der Waals surface area contributed by atoms with Crippen molar-refractivity contribution in [3.05, 3.63) is 75.4 Å². The van der Waals surface area contributed by atoms with Crippen LogP contribution in [0.5, 0.6) is 0 Å². The lowest BCUT2D eigenvalue weighted by Crippen LogP contribution is -2.24. The molecule has 2 aliphatic heterocycles. The quantitative estimate of drug-likeness (QED) is 0.240. The van der Waals surface area contributed by atoms with Crippen molar-refractivity contribution in [2.75, 3.05) is 7.11 Å². The predicted molar refractivity (Wildman–Crippen MR) is 171 cm³/mol. The molecule has 8 bridgehead atoms. The van der Waals surface area contributed by atoms with Crippen LogP contribution in [0.25, 0.3) is 39.3 Å². The minimum absolute atomic E-state index is 0.0608. The van der Waals surface area contributed by atoms with Gasteiger partial charge in [-0.1, -0.05) is 26.5 Å². The lowest BCUT2D eigenvalue weighted by Gasteiger charge is -2.19. The average Bonchev–Trinajstić information content (AvgIpc) is 3.72. The minimum Gasteiger partial charge on any atom is -0.481 e. The highest BCUT2D eigenvalue weighted by Crippen LogP contribution is 2.52. The summed E-state index contributed by atoms with van der Waals surface area (Å²) < 4.78 is 5.18. The molecular weight excluding hydrogens is 556 g/mol. The van der Waals surface area contributed by atoms with E-state index in [0.717, 1.165) is 62.0 Å². The molecule has 6 rings (SSSR count). The van der Waals surface area contributed by atoms with E-state index in [4.69, 9.17) is 14.7 Å². The van der Waals surface area contributed by atoms with E-state index >= 15 is 0 Å². The summed E-state index contributed by atoms with van der Waals surface area (Å²) in [6.07, 6.45) is 1.74. The van der Waals surface area contributed by atoms with Crippen molar-refractivity contribution in [1.82, 2.24) is 19.9 Å². The first-order valence-corrected chi connectivity index (χ1v) is 15.1. The number of hydrogen-bond donors (Lipinski definition) is 4. The number of aliphatic carboxylic acids is 1.